The van der Waals surface area contributed by atoms with Crippen LogP contribution in [-0.4, -0.2) is 40.1 Å². The van der Waals surface area contributed by atoms with Gasteiger partial charge in [0.1, 0.15) is 11.5 Å². The molecular formula is C17H18FN5O4S. The Morgan fingerprint density at radius 2 is 1.93 bits per heavy atom. The zero-order valence-electron chi connectivity index (χ0n) is 15.2. The molecule has 0 saturated carbocycles. The molecule has 28 heavy (non-hydrogen) atoms. The van der Waals surface area contributed by atoms with Crippen LogP contribution in [-0.2, 0) is 14.6 Å². The van der Waals surface area contributed by atoms with Gasteiger partial charge >= 0.3 is 6.01 Å². The smallest absolute Gasteiger partial charge is 0.322 e. The van der Waals surface area contributed by atoms with Crippen LogP contribution in [0.2, 0.25) is 0 Å². The van der Waals surface area contributed by atoms with Crippen molar-refractivity contribution in [3.8, 4) is 11.6 Å². The standard InChI is InChI=1S/C17H18FN5O4S/c1-11(2)23-9-7-14(22-23)16-20-21-17(27-16)19-15(24)8-10-28(25,26)13-5-3-12(18)4-6-13/h3-7,9,11H,8,10H2,1-2H3,(H,19,21,24). The Balaban J connectivity index is 1.59. The molecule has 3 aromatic rings. The monoisotopic (exact) mass is 407 g/mol. The zero-order chi connectivity index (χ0) is 20.3. The van der Waals surface area contributed by atoms with Gasteiger partial charge in [-0.1, -0.05) is 5.10 Å². The van der Waals surface area contributed by atoms with Gasteiger partial charge in [0.25, 0.3) is 5.89 Å². The maximum Gasteiger partial charge on any atom is 0.322 e. The Labute approximate surface area is 160 Å². The summed E-state index contributed by atoms with van der Waals surface area (Å²) >= 11 is 0. The molecule has 0 bridgehead atoms. The number of nitrogens with one attached hydrogen (secondary N) is 1. The summed E-state index contributed by atoms with van der Waals surface area (Å²) in [5.74, 6) is -1.45. The number of carbonyl (C=O) groups excluding carboxylic acids is 1. The second kappa shape index (κ2) is 7.89. The van der Waals surface area contributed by atoms with E-state index in [1.54, 1.807) is 16.9 Å². The molecule has 0 saturated heterocycles. The highest BCUT2D eigenvalue weighted by Crippen LogP contribution is 2.19. The quantitative estimate of drug-likeness (QED) is 0.597. The van der Waals surface area contributed by atoms with E-state index in [9.17, 15) is 17.6 Å². The van der Waals surface area contributed by atoms with E-state index < -0.39 is 27.3 Å². The normalized spacial score (nSPS) is 11.7. The van der Waals surface area contributed by atoms with Crippen LogP contribution in [0.1, 0.15) is 26.3 Å². The van der Waals surface area contributed by atoms with Crippen molar-refractivity contribution in [2.45, 2.75) is 31.2 Å². The van der Waals surface area contributed by atoms with Crippen molar-refractivity contribution in [3.63, 3.8) is 0 Å². The Morgan fingerprint density at radius 3 is 2.57 bits per heavy atom. The summed E-state index contributed by atoms with van der Waals surface area (Å²) in [6, 6.07) is 6.12. The van der Waals surface area contributed by atoms with Gasteiger partial charge in [0.05, 0.1) is 10.6 Å². The molecule has 0 aliphatic rings. The predicted octanol–water partition coefficient (Wildman–Crippen LogP) is 2.46. The SMILES string of the molecule is CC(C)n1ccc(-c2nnc(NC(=O)CCS(=O)(=O)c3ccc(F)cc3)o2)n1. The van der Waals surface area contributed by atoms with Crippen molar-refractivity contribution in [3.05, 3.63) is 42.3 Å². The van der Waals surface area contributed by atoms with E-state index >= 15 is 0 Å². The lowest BCUT2D eigenvalue weighted by atomic mass is 10.4. The number of hydrogen-bond acceptors (Lipinski definition) is 7. The predicted molar refractivity (Wildman–Crippen MR) is 97.6 cm³/mol. The van der Waals surface area contributed by atoms with E-state index in [1.165, 1.54) is 0 Å². The fourth-order valence-electron chi connectivity index (χ4n) is 2.29. The van der Waals surface area contributed by atoms with Gasteiger partial charge in [0, 0.05) is 18.7 Å². The van der Waals surface area contributed by atoms with Gasteiger partial charge in [0.15, 0.2) is 9.84 Å². The maximum atomic E-state index is 12.9. The fraction of sp³-hybridized carbons (Fsp3) is 0.294. The first-order valence-corrected chi connectivity index (χ1v) is 10.1. The number of anilines is 1. The fourth-order valence-corrected chi connectivity index (χ4v) is 3.53. The molecule has 0 aliphatic carbocycles. The molecule has 1 amide bonds. The van der Waals surface area contributed by atoms with Crippen LogP contribution in [0.25, 0.3) is 11.6 Å². The van der Waals surface area contributed by atoms with Crippen molar-refractivity contribution < 1.29 is 22.0 Å². The molecule has 148 valence electrons. The number of halogens is 1. The summed E-state index contributed by atoms with van der Waals surface area (Å²) < 4.78 is 44.3. The first-order chi connectivity index (χ1) is 13.2. The number of nitrogens with zero attached hydrogens (tertiary/aromatic N) is 4. The molecule has 1 aromatic carbocycles. The highest BCUT2D eigenvalue weighted by Gasteiger charge is 2.18. The van der Waals surface area contributed by atoms with Crippen LogP contribution in [0.4, 0.5) is 10.4 Å². The van der Waals surface area contributed by atoms with Crippen molar-refractivity contribution in [1.82, 2.24) is 20.0 Å². The Bertz CT molecular complexity index is 1070. The van der Waals surface area contributed by atoms with Gasteiger partial charge in [-0.3, -0.25) is 14.8 Å². The van der Waals surface area contributed by atoms with Gasteiger partial charge < -0.3 is 4.42 Å². The van der Waals surface area contributed by atoms with E-state index in [0.29, 0.717) is 5.69 Å². The van der Waals surface area contributed by atoms with Crippen LogP contribution in [0.15, 0.2) is 45.8 Å². The highest BCUT2D eigenvalue weighted by atomic mass is 32.2. The van der Waals surface area contributed by atoms with E-state index in [-0.39, 0.29) is 29.3 Å². The molecule has 0 atom stereocenters. The molecule has 11 heteroatoms. The van der Waals surface area contributed by atoms with Crippen LogP contribution in [0, 0.1) is 5.82 Å². The largest absolute Gasteiger partial charge is 0.401 e. The van der Waals surface area contributed by atoms with Gasteiger partial charge in [-0.2, -0.15) is 5.10 Å². The second-order valence-electron chi connectivity index (χ2n) is 6.26. The summed E-state index contributed by atoms with van der Waals surface area (Å²) in [7, 11) is -3.71. The van der Waals surface area contributed by atoms with Crippen LogP contribution in [0.3, 0.4) is 0 Å². The van der Waals surface area contributed by atoms with Gasteiger partial charge in [0.2, 0.25) is 5.91 Å². The Kier molecular flexibility index (Phi) is 5.54. The lowest BCUT2D eigenvalue weighted by Gasteiger charge is -2.04. The van der Waals surface area contributed by atoms with Crippen LogP contribution >= 0.6 is 0 Å². The summed E-state index contributed by atoms with van der Waals surface area (Å²) in [5.41, 5.74) is 0.459. The third-order valence-electron chi connectivity index (χ3n) is 3.80. The van der Waals surface area contributed by atoms with Crippen LogP contribution in [0.5, 0.6) is 0 Å². The molecular weight excluding hydrogens is 389 g/mol. The molecule has 0 radical (unpaired) electrons. The topological polar surface area (TPSA) is 120 Å². The van der Waals surface area contributed by atoms with Crippen molar-refractivity contribution in [1.29, 1.82) is 0 Å². The summed E-state index contributed by atoms with van der Waals surface area (Å²) in [4.78, 5) is 11.9. The molecule has 0 spiro atoms. The molecule has 2 aromatic heterocycles. The average molecular weight is 407 g/mol. The van der Waals surface area contributed by atoms with Crippen molar-refractivity contribution in [2.75, 3.05) is 11.1 Å². The number of sulfone groups is 1. The Morgan fingerprint density at radius 1 is 1.21 bits per heavy atom. The van der Waals surface area contributed by atoms with Gasteiger partial charge in [-0.05, 0) is 44.2 Å². The average Bonchev–Trinajstić information content (AvgIpc) is 3.30. The van der Waals surface area contributed by atoms with Gasteiger partial charge in [-0.25, -0.2) is 12.8 Å². The number of benzene rings is 1. The van der Waals surface area contributed by atoms with Crippen molar-refractivity contribution >= 4 is 21.8 Å². The third kappa shape index (κ3) is 4.60. The number of rotatable bonds is 7. The molecule has 3 rings (SSSR count). The summed E-state index contributed by atoms with van der Waals surface area (Å²) in [6.07, 6.45) is 1.45. The van der Waals surface area contributed by atoms with E-state index in [4.69, 9.17) is 4.42 Å². The first kappa shape index (κ1) is 19.7. The minimum absolute atomic E-state index is 0.0532. The van der Waals surface area contributed by atoms with Gasteiger partial charge in [-0.15, -0.1) is 5.10 Å². The molecule has 9 nitrogen and oxygen atoms in total. The number of hydrogen-bond donors (Lipinski definition) is 1. The van der Waals surface area contributed by atoms with E-state index in [0.717, 1.165) is 24.3 Å². The second-order valence-corrected chi connectivity index (χ2v) is 8.37. The highest BCUT2D eigenvalue weighted by molar-refractivity contribution is 7.91. The summed E-state index contributed by atoms with van der Waals surface area (Å²) in [6.45, 7) is 3.94. The zero-order valence-corrected chi connectivity index (χ0v) is 16.0. The lowest BCUT2D eigenvalue weighted by Crippen LogP contribution is -2.17. The first-order valence-electron chi connectivity index (χ1n) is 8.42. The van der Waals surface area contributed by atoms with Crippen LogP contribution < -0.4 is 5.32 Å². The van der Waals surface area contributed by atoms with E-state index in [2.05, 4.69) is 20.6 Å². The molecule has 0 fully saturated rings. The minimum atomic E-state index is -3.71. The number of carbonyl (C=O) groups is 1. The number of amides is 1. The summed E-state index contributed by atoms with van der Waals surface area (Å²) in [5, 5.41) is 14.2. The lowest BCUT2D eigenvalue weighted by molar-refractivity contribution is -0.115. The number of aromatic nitrogens is 4. The maximum absolute atomic E-state index is 12.9. The third-order valence-corrected chi connectivity index (χ3v) is 5.53. The molecule has 1 N–H and O–H groups in total. The minimum Gasteiger partial charge on any atom is -0.401 e. The van der Waals surface area contributed by atoms with Crippen molar-refractivity contribution in [2.24, 2.45) is 0 Å². The molecule has 0 aliphatic heterocycles. The molecule has 2 heterocycles. The Hall–Kier alpha value is -3.08. The van der Waals surface area contributed by atoms with E-state index in [1.807, 2.05) is 13.8 Å². The molecule has 0 unspecified atom stereocenters.